The number of phosphoric acid groups is 2. The van der Waals surface area contributed by atoms with Gasteiger partial charge in [0, 0.05) is 25.7 Å². The topological polar surface area (TPSA) is 237 Å². The summed E-state index contributed by atoms with van der Waals surface area (Å²) in [5.74, 6) is 0.786. The van der Waals surface area contributed by atoms with Crippen LogP contribution in [0.15, 0.2) is 0 Å². The first-order valence-corrected chi connectivity index (χ1v) is 38.7. The van der Waals surface area contributed by atoms with Crippen LogP contribution in [0.5, 0.6) is 0 Å². The normalized spacial score (nSPS) is 14.6. The summed E-state index contributed by atoms with van der Waals surface area (Å²) >= 11 is 0. The third-order valence-corrected chi connectivity index (χ3v) is 18.1. The van der Waals surface area contributed by atoms with Crippen molar-refractivity contribution in [3.8, 4) is 0 Å². The summed E-state index contributed by atoms with van der Waals surface area (Å²) in [6.07, 6.45) is 40.7. The van der Waals surface area contributed by atoms with Gasteiger partial charge in [-0.15, -0.1) is 0 Å². The van der Waals surface area contributed by atoms with E-state index in [1.807, 2.05) is 0 Å². The van der Waals surface area contributed by atoms with Crippen molar-refractivity contribution in [3.05, 3.63) is 0 Å². The number of phosphoric ester groups is 2. The van der Waals surface area contributed by atoms with Crippen molar-refractivity contribution in [2.24, 2.45) is 23.7 Å². The number of hydrogen-bond acceptors (Lipinski definition) is 15. The highest BCUT2D eigenvalue weighted by molar-refractivity contribution is 7.47. The van der Waals surface area contributed by atoms with Gasteiger partial charge in [-0.25, -0.2) is 9.13 Å². The molecule has 0 aromatic carbocycles. The first-order chi connectivity index (χ1) is 42.1. The van der Waals surface area contributed by atoms with Crippen molar-refractivity contribution < 1.29 is 80.2 Å². The summed E-state index contributed by atoms with van der Waals surface area (Å²) in [5.41, 5.74) is 0. The lowest BCUT2D eigenvalue weighted by Crippen LogP contribution is -2.30. The Bertz CT molecular complexity index is 1750. The lowest BCUT2D eigenvalue weighted by atomic mass is 9.99. The van der Waals surface area contributed by atoms with Gasteiger partial charge < -0.3 is 33.8 Å². The fourth-order valence-electron chi connectivity index (χ4n) is 10.3. The van der Waals surface area contributed by atoms with E-state index < -0.39 is 97.5 Å². The van der Waals surface area contributed by atoms with E-state index in [2.05, 4.69) is 55.4 Å². The Morgan fingerprint density at radius 1 is 0.318 bits per heavy atom. The minimum atomic E-state index is -4.95. The van der Waals surface area contributed by atoms with Crippen molar-refractivity contribution in [1.82, 2.24) is 0 Å². The number of ether oxygens (including phenoxy) is 4. The van der Waals surface area contributed by atoms with Gasteiger partial charge in [0.2, 0.25) is 0 Å². The molecule has 0 amide bonds. The van der Waals surface area contributed by atoms with Crippen molar-refractivity contribution in [1.29, 1.82) is 0 Å². The molecule has 0 rings (SSSR count). The molecule has 3 unspecified atom stereocenters. The van der Waals surface area contributed by atoms with Crippen LogP contribution in [-0.2, 0) is 65.4 Å². The average molecular weight is 1300 g/mol. The van der Waals surface area contributed by atoms with Gasteiger partial charge in [-0.2, -0.15) is 0 Å². The largest absolute Gasteiger partial charge is 0.472 e. The maximum atomic E-state index is 13.0. The zero-order valence-corrected chi connectivity index (χ0v) is 59.1. The molecule has 0 bridgehead atoms. The second-order valence-corrected chi connectivity index (χ2v) is 29.5. The predicted octanol–water partition coefficient (Wildman–Crippen LogP) is 19.3. The van der Waals surface area contributed by atoms with E-state index in [4.69, 9.17) is 37.0 Å². The van der Waals surface area contributed by atoms with Crippen LogP contribution in [0.25, 0.3) is 0 Å². The highest BCUT2D eigenvalue weighted by Gasteiger charge is 2.30. The summed E-state index contributed by atoms with van der Waals surface area (Å²) in [4.78, 5) is 72.4. The molecule has 0 aromatic rings. The van der Waals surface area contributed by atoms with Gasteiger partial charge in [0.1, 0.15) is 19.3 Å². The van der Waals surface area contributed by atoms with Crippen LogP contribution in [0.2, 0.25) is 0 Å². The number of carbonyl (C=O) groups is 4. The van der Waals surface area contributed by atoms with Crippen molar-refractivity contribution >= 4 is 39.5 Å². The van der Waals surface area contributed by atoms with E-state index in [1.54, 1.807) is 0 Å². The summed E-state index contributed by atoms with van der Waals surface area (Å²) in [6, 6.07) is 0. The zero-order chi connectivity index (χ0) is 65.4. The van der Waals surface area contributed by atoms with Crippen LogP contribution in [0, 0.1) is 23.7 Å². The summed E-state index contributed by atoms with van der Waals surface area (Å²) in [5, 5.41) is 10.6. The second-order valence-electron chi connectivity index (χ2n) is 26.6. The fraction of sp³-hybridized carbons (Fsp3) is 0.942. The third-order valence-electron chi connectivity index (χ3n) is 16.2. The highest BCUT2D eigenvalue weighted by Crippen LogP contribution is 2.45. The van der Waals surface area contributed by atoms with E-state index in [0.29, 0.717) is 37.5 Å². The van der Waals surface area contributed by atoms with Gasteiger partial charge in [0.05, 0.1) is 26.4 Å². The number of esters is 4. The average Bonchev–Trinajstić information content (AvgIpc) is 3.38. The molecule has 6 atom stereocenters. The Labute approximate surface area is 537 Å². The fourth-order valence-corrected chi connectivity index (χ4v) is 11.9. The van der Waals surface area contributed by atoms with Crippen LogP contribution in [0.4, 0.5) is 0 Å². The number of aliphatic hydroxyl groups excluding tert-OH is 1. The van der Waals surface area contributed by atoms with Gasteiger partial charge >= 0.3 is 39.5 Å². The molecule has 17 nitrogen and oxygen atoms in total. The van der Waals surface area contributed by atoms with Crippen molar-refractivity contribution in [3.63, 3.8) is 0 Å². The van der Waals surface area contributed by atoms with Gasteiger partial charge in [0.25, 0.3) is 0 Å². The first kappa shape index (κ1) is 86.1. The van der Waals surface area contributed by atoms with E-state index >= 15 is 0 Å². The molecule has 0 saturated carbocycles. The molecule has 0 aliphatic carbocycles. The molecule has 0 saturated heterocycles. The zero-order valence-electron chi connectivity index (χ0n) is 57.3. The molecule has 0 aliphatic heterocycles. The Hall–Kier alpha value is -1.94. The molecule has 0 heterocycles. The standard InChI is InChI=1S/C69H134O17P2/c1-9-62(8)48-40-32-22-19-20-24-35-43-51-68(73)85-64(55-79-66(71)49-41-33-23-18-16-14-12-10-11-13-15-17-21-29-37-45-59(2)3)57-83-87(75,76)81-53-63(70)54-82-88(77,78)84-58-65(86-69(74)52-44-36-28-26-31-39-47-61(6)7)56-80-67(72)50-42-34-27-25-30-38-46-60(4)5/h59-65,70H,9-58H2,1-8H3,(H,75,76)(H,77,78)/t62?,63-,64-,65-/m1/s1. The van der Waals surface area contributed by atoms with E-state index in [-0.39, 0.29) is 25.7 Å². The third kappa shape index (κ3) is 61.6. The molecule has 3 N–H and O–H groups in total. The Kier molecular flexibility index (Phi) is 57.6. The molecular weight excluding hydrogens is 1160 g/mol. The highest BCUT2D eigenvalue weighted by atomic mass is 31.2. The Morgan fingerprint density at radius 2 is 0.545 bits per heavy atom. The molecule has 0 radical (unpaired) electrons. The number of hydrogen-bond donors (Lipinski definition) is 3. The number of unbranched alkanes of at least 4 members (excludes halogenated alkanes) is 31. The first-order valence-electron chi connectivity index (χ1n) is 35.7. The quantitative estimate of drug-likeness (QED) is 0.0222. The van der Waals surface area contributed by atoms with Crippen molar-refractivity contribution in [2.45, 2.75) is 356 Å². The molecule has 0 aromatic heterocycles. The lowest BCUT2D eigenvalue weighted by molar-refractivity contribution is -0.161. The molecule has 0 spiro atoms. The summed E-state index contributed by atoms with van der Waals surface area (Å²) < 4.78 is 68.1. The maximum Gasteiger partial charge on any atom is 0.472 e. The number of aliphatic hydroxyl groups is 1. The minimum absolute atomic E-state index is 0.101. The summed E-state index contributed by atoms with van der Waals surface area (Å²) in [6.45, 7) is 14.0. The van der Waals surface area contributed by atoms with Crippen LogP contribution < -0.4 is 0 Å². The lowest BCUT2D eigenvalue weighted by Gasteiger charge is -2.21. The summed E-state index contributed by atoms with van der Waals surface area (Å²) in [7, 11) is -9.90. The number of carbonyl (C=O) groups excluding carboxylic acids is 4. The molecule has 522 valence electrons. The van der Waals surface area contributed by atoms with E-state index in [1.165, 1.54) is 135 Å². The number of rotatable bonds is 66. The molecular formula is C69H134O17P2. The van der Waals surface area contributed by atoms with Crippen LogP contribution in [0.1, 0.15) is 338 Å². The van der Waals surface area contributed by atoms with E-state index in [0.717, 1.165) is 108 Å². The molecule has 19 heteroatoms. The van der Waals surface area contributed by atoms with Gasteiger partial charge in [-0.3, -0.25) is 37.3 Å². The molecule has 0 fully saturated rings. The van der Waals surface area contributed by atoms with Crippen LogP contribution >= 0.6 is 15.6 Å². The Balaban J connectivity index is 5.19. The van der Waals surface area contributed by atoms with Gasteiger partial charge in [-0.05, 0) is 49.4 Å². The smallest absolute Gasteiger partial charge is 0.462 e. The van der Waals surface area contributed by atoms with E-state index in [9.17, 15) is 43.2 Å². The SMILES string of the molecule is CCC(C)CCCCCCCCCCC(=O)O[C@H](COC(=O)CCCCCCCCCCCCCCCCCC(C)C)COP(=O)(O)OC[C@@H](O)COP(=O)(O)OC[C@@H](COC(=O)CCCCCCCCC(C)C)OC(=O)CCCCCCCCC(C)C. The monoisotopic (exact) mass is 1300 g/mol. The molecule has 88 heavy (non-hydrogen) atoms. The van der Waals surface area contributed by atoms with Crippen LogP contribution in [0.3, 0.4) is 0 Å². The van der Waals surface area contributed by atoms with Crippen molar-refractivity contribution in [2.75, 3.05) is 39.6 Å². The van der Waals surface area contributed by atoms with Crippen LogP contribution in [-0.4, -0.2) is 96.7 Å². The van der Waals surface area contributed by atoms with Gasteiger partial charge in [0.15, 0.2) is 12.2 Å². The second kappa shape index (κ2) is 58.8. The maximum absolute atomic E-state index is 13.0. The van der Waals surface area contributed by atoms with Gasteiger partial charge in [-0.1, -0.05) is 287 Å². The predicted molar refractivity (Wildman–Crippen MR) is 354 cm³/mol. The minimum Gasteiger partial charge on any atom is -0.462 e. The Morgan fingerprint density at radius 3 is 0.807 bits per heavy atom. The molecule has 0 aliphatic rings.